The Bertz CT molecular complexity index is 1970. The van der Waals surface area contributed by atoms with E-state index in [1.54, 1.807) is 12.1 Å². The summed E-state index contributed by atoms with van der Waals surface area (Å²) < 4.78 is 5.81. The van der Waals surface area contributed by atoms with E-state index < -0.39 is 5.97 Å². The average Bonchev–Trinajstić information content (AvgIpc) is 4.05. The number of carboxylic acid groups (broad SMARTS) is 1. The zero-order valence-electron chi connectivity index (χ0n) is 31.5. The van der Waals surface area contributed by atoms with Crippen LogP contribution >= 0.6 is 0 Å². The SMILES string of the molecule is C[C@@H]1C(c2cccc([C@H]3CC3NCC3(c4noc(C5CN(Cc6ccc(C(=O)O)cc6)C5)n4)CC3)c2)CCN1CC1(CN[C@H]2CC2c2ccccc2)CC1. The highest BCUT2D eigenvalue weighted by molar-refractivity contribution is 5.87. The second kappa shape index (κ2) is 13.7. The van der Waals surface area contributed by atoms with E-state index in [0.29, 0.717) is 46.9 Å². The highest BCUT2D eigenvalue weighted by Gasteiger charge is 2.51. The lowest BCUT2D eigenvalue weighted by Gasteiger charge is -2.37. The fourth-order valence-corrected chi connectivity index (χ4v) is 9.76. The summed E-state index contributed by atoms with van der Waals surface area (Å²) in [6.45, 7) is 9.56. The maximum absolute atomic E-state index is 11.1. The van der Waals surface area contributed by atoms with E-state index >= 15 is 0 Å². The molecule has 3 aromatic carbocycles. The number of rotatable bonds is 16. The van der Waals surface area contributed by atoms with E-state index in [0.717, 1.165) is 56.3 Å². The number of nitrogens with zero attached hydrogens (tertiary/aromatic N) is 4. The summed E-state index contributed by atoms with van der Waals surface area (Å²) in [6, 6.07) is 29.5. The van der Waals surface area contributed by atoms with Gasteiger partial charge in [0.25, 0.3) is 0 Å². The van der Waals surface area contributed by atoms with Crippen LogP contribution in [0.25, 0.3) is 0 Å². The molecule has 0 radical (unpaired) electrons. The molecule has 0 bridgehead atoms. The summed E-state index contributed by atoms with van der Waals surface area (Å²) >= 11 is 0. The Balaban J connectivity index is 0.682. The minimum absolute atomic E-state index is 0.00545. The molecule has 0 spiro atoms. The molecule has 3 unspecified atom stereocenters. The molecule has 4 aromatic rings. The minimum atomic E-state index is -0.892. The van der Waals surface area contributed by atoms with Crippen molar-refractivity contribution in [2.45, 2.75) is 106 Å². The molecular formula is C45H54N6O3. The van der Waals surface area contributed by atoms with E-state index in [9.17, 15) is 4.79 Å². The van der Waals surface area contributed by atoms with Gasteiger partial charge in [0, 0.05) is 80.6 Å². The second-order valence-electron chi connectivity index (χ2n) is 18.0. The molecule has 3 heterocycles. The van der Waals surface area contributed by atoms with Gasteiger partial charge in [0.05, 0.1) is 11.5 Å². The summed E-state index contributed by atoms with van der Waals surface area (Å²) in [5.74, 6) is 2.90. The van der Waals surface area contributed by atoms with Gasteiger partial charge in [-0.05, 0) is 98.2 Å². The molecule has 3 N–H and O–H groups in total. The van der Waals surface area contributed by atoms with Crippen LogP contribution in [0.2, 0.25) is 0 Å². The van der Waals surface area contributed by atoms with Gasteiger partial charge < -0.3 is 20.3 Å². The van der Waals surface area contributed by atoms with Crippen LogP contribution < -0.4 is 10.6 Å². The van der Waals surface area contributed by atoms with Gasteiger partial charge in [-0.25, -0.2) is 4.79 Å². The second-order valence-corrected chi connectivity index (χ2v) is 18.0. The van der Waals surface area contributed by atoms with Crippen molar-refractivity contribution < 1.29 is 14.4 Å². The first-order valence-corrected chi connectivity index (χ1v) is 20.6. The lowest BCUT2D eigenvalue weighted by molar-refractivity contribution is 0.0696. The summed E-state index contributed by atoms with van der Waals surface area (Å²) in [6.07, 6.45) is 8.69. The topological polar surface area (TPSA) is 107 Å². The van der Waals surface area contributed by atoms with Gasteiger partial charge in [-0.1, -0.05) is 71.9 Å². The first-order chi connectivity index (χ1) is 26.3. The van der Waals surface area contributed by atoms with Gasteiger partial charge >= 0.3 is 5.97 Å². The summed E-state index contributed by atoms with van der Waals surface area (Å²) in [5, 5.41) is 21.5. The van der Waals surface area contributed by atoms with Crippen molar-refractivity contribution in [3.8, 4) is 0 Å². The number of carbonyl (C=O) groups is 1. The molecule has 0 amide bonds. The number of aromatic nitrogens is 2. The lowest BCUT2D eigenvalue weighted by atomic mass is 9.90. The van der Waals surface area contributed by atoms with Crippen LogP contribution in [0.15, 0.2) is 83.4 Å². The standard InChI is InChI=1S/C45H54N6O3/c1-29-36(14-19-51(29)28-44(15-16-44)26-46-39-21-37(39)31-6-3-2-4-7-31)33-8-5-9-34(20-33)38-22-40(38)47-27-45(17-18-45)43-48-41(54-49-43)35-24-50(25-35)23-30-10-12-32(13-11-30)42(52)53/h2-13,20,29,35-40,46-47H,14-19,21-28H2,1H3,(H,52,53)/t29-,36?,37?,38-,39+,40?/m1/s1. The molecule has 4 aliphatic carbocycles. The Labute approximate surface area is 318 Å². The Morgan fingerprint density at radius 1 is 0.852 bits per heavy atom. The van der Waals surface area contributed by atoms with Crippen LogP contribution in [0.5, 0.6) is 0 Å². The Hall–Kier alpha value is -3.89. The molecule has 2 aliphatic heterocycles. The van der Waals surface area contributed by atoms with Crippen LogP contribution in [-0.2, 0) is 12.0 Å². The molecule has 10 rings (SSSR count). The molecule has 2 saturated heterocycles. The van der Waals surface area contributed by atoms with Crippen LogP contribution in [0.3, 0.4) is 0 Å². The summed E-state index contributed by atoms with van der Waals surface area (Å²) in [4.78, 5) is 21.2. The molecule has 6 fully saturated rings. The first kappa shape index (κ1) is 34.6. The van der Waals surface area contributed by atoms with E-state index in [2.05, 4.69) is 87.1 Å². The molecule has 6 atom stereocenters. The number of hydrogen-bond acceptors (Lipinski definition) is 8. The molecule has 54 heavy (non-hydrogen) atoms. The average molecular weight is 727 g/mol. The molecule has 9 nitrogen and oxygen atoms in total. The number of aromatic carboxylic acids is 1. The van der Waals surface area contributed by atoms with Gasteiger partial charge in [0.15, 0.2) is 5.82 Å². The fourth-order valence-electron chi connectivity index (χ4n) is 9.76. The van der Waals surface area contributed by atoms with Crippen LogP contribution in [0.4, 0.5) is 0 Å². The third-order valence-electron chi connectivity index (χ3n) is 14.1. The van der Waals surface area contributed by atoms with Gasteiger partial charge in [0.2, 0.25) is 5.89 Å². The van der Waals surface area contributed by atoms with E-state index in [1.165, 1.54) is 68.4 Å². The third-order valence-corrected chi connectivity index (χ3v) is 14.1. The number of benzene rings is 3. The van der Waals surface area contributed by atoms with Crippen molar-refractivity contribution in [2.75, 3.05) is 39.3 Å². The number of carboxylic acids is 1. The third kappa shape index (κ3) is 7.04. The lowest BCUT2D eigenvalue weighted by Crippen LogP contribution is -2.44. The summed E-state index contributed by atoms with van der Waals surface area (Å²) in [7, 11) is 0. The number of likely N-dealkylation sites (tertiary alicyclic amines) is 2. The zero-order valence-corrected chi connectivity index (χ0v) is 31.5. The first-order valence-electron chi connectivity index (χ1n) is 20.6. The zero-order chi connectivity index (χ0) is 36.4. The van der Waals surface area contributed by atoms with E-state index in [-0.39, 0.29) is 11.3 Å². The molecule has 6 aliphatic rings. The maximum Gasteiger partial charge on any atom is 0.335 e. The van der Waals surface area contributed by atoms with Gasteiger partial charge in [0.1, 0.15) is 0 Å². The Kier molecular flexibility index (Phi) is 8.77. The molecule has 4 saturated carbocycles. The van der Waals surface area contributed by atoms with Crippen molar-refractivity contribution in [1.82, 2.24) is 30.6 Å². The van der Waals surface area contributed by atoms with Gasteiger partial charge in [-0.2, -0.15) is 4.98 Å². The molecule has 1 aromatic heterocycles. The molecular weight excluding hydrogens is 673 g/mol. The van der Waals surface area contributed by atoms with E-state index in [4.69, 9.17) is 14.6 Å². The molecule has 282 valence electrons. The monoisotopic (exact) mass is 726 g/mol. The Morgan fingerprint density at radius 2 is 1.54 bits per heavy atom. The van der Waals surface area contributed by atoms with Crippen LogP contribution in [-0.4, -0.2) is 88.4 Å². The van der Waals surface area contributed by atoms with Crippen molar-refractivity contribution in [3.63, 3.8) is 0 Å². The Morgan fingerprint density at radius 3 is 2.24 bits per heavy atom. The predicted octanol–water partition coefficient (Wildman–Crippen LogP) is 6.65. The highest BCUT2D eigenvalue weighted by Crippen LogP contribution is 2.51. The minimum Gasteiger partial charge on any atom is -0.478 e. The van der Waals surface area contributed by atoms with Crippen molar-refractivity contribution in [3.05, 3.63) is 118 Å². The van der Waals surface area contributed by atoms with Crippen LogP contribution in [0, 0.1) is 5.41 Å². The van der Waals surface area contributed by atoms with Crippen molar-refractivity contribution in [2.24, 2.45) is 5.41 Å². The molecule has 9 heteroatoms. The van der Waals surface area contributed by atoms with Crippen molar-refractivity contribution in [1.29, 1.82) is 0 Å². The largest absolute Gasteiger partial charge is 0.478 e. The number of nitrogens with one attached hydrogen (secondary N) is 2. The van der Waals surface area contributed by atoms with E-state index in [1.807, 2.05) is 12.1 Å². The highest BCUT2D eigenvalue weighted by atomic mass is 16.5. The smallest absolute Gasteiger partial charge is 0.335 e. The summed E-state index contributed by atoms with van der Waals surface area (Å²) in [5.41, 5.74) is 6.44. The van der Waals surface area contributed by atoms with Crippen LogP contribution in [0.1, 0.15) is 120 Å². The predicted molar refractivity (Wildman–Crippen MR) is 208 cm³/mol. The van der Waals surface area contributed by atoms with Crippen molar-refractivity contribution >= 4 is 5.97 Å². The normalized spacial score (nSPS) is 29.5. The van der Waals surface area contributed by atoms with Gasteiger partial charge in [-0.15, -0.1) is 0 Å². The number of hydrogen-bond donors (Lipinski definition) is 3. The quantitative estimate of drug-likeness (QED) is 0.117. The van der Waals surface area contributed by atoms with Gasteiger partial charge in [-0.3, -0.25) is 9.80 Å². The maximum atomic E-state index is 11.1. The fraction of sp³-hybridized carbons (Fsp3) is 0.533.